The van der Waals surface area contributed by atoms with Crippen LogP contribution in [0.1, 0.15) is 40.2 Å². The fourth-order valence-electron chi connectivity index (χ4n) is 3.27. The van der Waals surface area contributed by atoms with E-state index in [4.69, 9.17) is 0 Å². The molecular formula is C22H17Br2N5O2S. The predicted octanol–water partition coefficient (Wildman–Crippen LogP) is 4.96. The van der Waals surface area contributed by atoms with Crippen molar-refractivity contribution in [2.45, 2.75) is 18.0 Å². The maximum Gasteiger partial charge on any atom is 0.250 e. The van der Waals surface area contributed by atoms with Gasteiger partial charge in [0.15, 0.2) is 5.78 Å². The molecule has 10 heteroatoms. The third-order valence-corrected chi connectivity index (χ3v) is 6.83. The van der Waals surface area contributed by atoms with Gasteiger partial charge in [0, 0.05) is 20.1 Å². The molecule has 2 aromatic carbocycles. The summed E-state index contributed by atoms with van der Waals surface area (Å²) in [4.78, 5) is 29.6. The smallest absolute Gasteiger partial charge is 0.250 e. The van der Waals surface area contributed by atoms with E-state index in [1.807, 2.05) is 55.5 Å². The summed E-state index contributed by atoms with van der Waals surface area (Å²) in [5, 5.41) is 11.4. The molecule has 32 heavy (non-hydrogen) atoms. The average molecular weight is 575 g/mol. The SMILES string of the molecule is CC1=Cc2ccc(Br)cc2C(=O)C1c1nc(SCC(=O)N/N=C/c2ccccc2Br)n[nH]1. The van der Waals surface area contributed by atoms with Gasteiger partial charge in [-0.2, -0.15) is 5.10 Å². The summed E-state index contributed by atoms with van der Waals surface area (Å²) in [6, 6.07) is 13.2. The second kappa shape index (κ2) is 9.93. The number of H-pyrrole nitrogens is 1. The Hall–Kier alpha value is -2.56. The van der Waals surface area contributed by atoms with E-state index in [0.717, 1.165) is 25.6 Å². The Morgan fingerprint density at radius 3 is 2.91 bits per heavy atom. The minimum absolute atomic E-state index is 0.0341. The zero-order valence-corrected chi connectivity index (χ0v) is 20.8. The molecule has 0 aliphatic heterocycles. The lowest BCUT2D eigenvalue weighted by molar-refractivity contribution is -0.118. The third kappa shape index (κ3) is 5.08. The van der Waals surface area contributed by atoms with Gasteiger partial charge in [0.25, 0.3) is 5.91 Å². The Morgan fingerprint density at radius 1 is 1.28 bits per heavy atom. The van der Waals surface area contributed by atoms with Gasteiger partial charge in [0.1, 0.15) is 11.7 Å². The number of aromatic amines is 1. The van der Waals surface area contributed by atoms with Crippen LogP contribution in [0.3, 0.4) is 0 Å². The second-order valence-corrected chi connectivity index (χ2v) is 9.74. The Bertz CT molecular complexity index is 1250. The summed E-state index contributed by atoms with van der Waals surface area (Å²) >= 11 is 8.01. The molecule has 0 saturated carbocycles. The van der Waals surface area contributed by atoms with Crippen LogP contribution in [-0.4, -0.2) is 38.8 Å². The van der Waals surface area contributed by atoms with Gasteiger partial charge in [-0.15, -0.1) is 5.10 Å². The van der Waals surface area contributed by atoms with Crippen molar-refractivity contribution < 1.29 is 9.59 Å². The van der Waals surface area contributed by atoms with E-state index in [9.17, 15) is 9.59 Å². The molecule has 0 radical (unpaired) electrons. The Morgan fingerprint density at radius 2 is 2.09 bits per heavy atom. The highest BCUT2D eigenvalue weighted by Crippen LogP contribution is 2.35. The number of carbonyl (C=O) groups is 2. The van der Waals surface area contributed by atoms with Gasteiger partial charge in [0.05, 0.1) is 12.0 Å². The van der Waals surface area contributed by atoms with E-state index in [2.05, 4.69) is 57.6 Å². The molecule has 2 N–H and O–H groups in total. The van der Waals surface area contributed by atoms with Crippen LogP contribution >= 0.6 is 43.6 Å². The number of allylic oxidation sites excluding steroid dienone is 1. The standard InChI is InChI=1S/C22H17Br2N5O2S/c1-12-8-13-6-7-15(23)9-16(13)20(31)19(12)21-26-22(29-28-21)32-11-18(30)27-25-10-14-4-2-3-5-17(14)24/h2-10,19H,11H2,1H3,(H,27,30)(H,26,28,29)/b25-10+. The summed E-state index contributed by atoms with van der Waals surface area (Å²) in [6.45, 7) is 1.90. The zero-order valence-electron chi connectivity index (χ0n) is 16.8. The fraction of sp³-hybridized carbons (Fsp3) is 0.136. The molecule has 3 aromatic rings. The quantitative estimate of drug-likeness (QED) is 0.246. The van der Waals surface area contributed by atoms with Gasteiger partial charge in [-0.3, -0.25) is 14.7 Å². The van der Waals surface area contributed by atoms with Crippen LogP contribution in [0.2, 0.25) is 0 Å². The maximum absolute atomic E-state index is 13.1. The van der Waals surface area contributed by atoms with Gasteiger partial charge in [-0.05, 0) is 30.7 Å². The molecule has 7 nitrogen and oxygen atoms in total. The molecule has 0 bridgehead atoms. The normalized spacial score (nSPS) is 15.5. The van der Waals surface area contributed by atoms with E-state index < -0.39 is 5.92 Å². The van der Waals surface area contributed by atoms with E-state index in [0.29, 0.717) is 16.5 Å². The van der Waals surface area contributed by atoms with Crippen molar-refractivity contribution in [1.29, 1.82) is 0 Å². The van der Waals surface area contributed by atoms with Crippen LogP contribution in [0.25, 0.3) is 6.08 Å². The van der Waals surface area contributed by atoms with Crippen molar-refractivity contribution in [1.82, 2.24) is 20.6 Å². The lowest BCUT2D eigenvalue weighted by atomic mass is 9.82. The Labute approximate surface area is 205 Å². The number of nitrogens with zero attached hydrogens (tertiary/aromatic N) is 3. The molecule has 1 unspecified atom stereocenters. The van der Waals surface area contributed by atoms with Crippen molar-refractivity contribution in [2.24, 2.45) is 5.10 Å². The molecule has 1 aliphatic carbocycles. The highest BCUT2D eigenvalue weighted by atomic mass is 79.9. The summed E-state index contributed by atoms with van der Waals surface area (Å²) < 4.78 is 1.73. The Balaban J connectivity index is 1.37. The number of nitrogens with one attached hydrogen (secondary N) is 2. The van der Waals surface area contributed by atoms with Crippen molar-refractivity contribution in [2.75, 3.05) is 5.75 Å². The van der Waals surface area contributed by atoms with Crippen LogP contribution in [0.5, 0.6) is 0 Å². The molecule has 1 aromatic heterocycles. The number of hydrogen-bond acceptors (Lipinski definition) is 6. The minimum atomic E-state index is -0.526. The van der Waals surface area contributed by atoms with Crippen LogP contribution in [0.15, 0.2) is 67.2 Å². The summed E-state index contributed by atoms with van der Waals surface area (Å²) in [7, 11) is 0. The van der Waals surface area contributed by atoms with Crippen LogP contribution < -0.4 is 5.43 Å². The number of Topliss-reactive ketones (excluding diaryl/α,β-unsaturated/α-hetero) is 1. The van der Waals surface area contributed by atoms with Crippen LogP contribution in [0.4, 0.5) is 0 Å². The summed E-state index contributed by atoms with van der Waals surface area (Å²) in [5.41, 5.74) is 5.76. The van der Waals surface area contributed by atoms with Gasteiger partial charge in [0.2, 0.25) is 5.16 Å². The monoisotopic (exact) mass is 573 g/mol. The van der Waals surface area contributed by atoms with Crippen LogP contribution in [-0.2, 0) is 4.79 Å². The van der Waals surface area contributed by atoms with E-state index >= 15 is 0 Å². The zero-order chi connectivity index (χ0) is 22.7. The maximum atomic E-state index is 13.1. The third-order valence-electron chi connectivity index (χ3n) is 4.77. The number of thioether (sulfide) groups is 1. The largest absolute Gasteiger partial charge is 0.293 e. The van der Waals surface area contributed by atoms with E-state index in [1.165, 1.54) is 11.8 Å². The Kier molecular flexibility index (Phi) is 7.02. The van der Waals surface area contributed by atoms with Gasteiger partial charge in [-0.25, -0.2) is 10.4 Å². The van der Waals surface area contributed by atoms with Crippen LogP contribution in [0, 0.1) is 0 Å². The topological polar surface area (TPSA) is 100 Å². The molecule has 162 valence electrons. The molecule has 4 rings (SSSR count). The number of benzene rings is 2. The van der Waals surface area contributed by atoms with E-state index in [-0.39, 0.29) is 17.4 Å². The number of hydrogen-bond donors (Lipinski definition) is 2. The lowest BCUT2D eigenvalue weighted by Gasteiger charge is -2.21. The first-order valence-corrected chi connectivity index (χ1v) is 12.1. The molecule has 1 atom stereocenters. The minimum Gasteiger partial charge on any atom is -0.293 e. The van der Waals surface area contributed by atoms with Gasteiger partial charge >= 0.3 is 0 Å². The molecule has 1 amide bonds. The number of hydrazone groups is 1. The molecule has 0 saturated heterocycles. The first-order chi connectivity index (χ1) is 15.4. The van der Waals surface area contributed by atoms with Crippen molar-refractivity contribution in [3.63, 3.8) is 0 Å². The number of aromatic nitrogens is 3. The highest BCUT2D eigenvalue weighted by Gasteiger charge is 2.32. The van der Waals surface area contributed by atoms with Gasteiger partial charge < -0.3 is 0 Å². The first-order valence-electron chi connectivity index (χ1n) is 9.56. The number of halogens is 2. The van der Waals surface area contributed by atoms with E-state index in [1.54, 1.807) is 6.21 Å². The molecule has 0 spiro atoms. The number of carbonyl (C=O) groups excluding carboxylic acids is 2. The predicted molar refractivity (Wildman–Crippen MR) is 132 cm³/mol. The molecule has 1 heterocycles. The first kappa shape index (κ1) is 22.6. The second-order valence-electron chi connectivity index (χ2n) is 7.02. The summed E-state index contributed by atoms with van der Waals surface area (Å²) in [5.74, 6) is -0.291. The van der Waals surface area contributed by atoms with Crippen molar-refractivity contribution in [3.8, 4) is 0 Å². The highest BCUT2D eigenvalue weighted by molar-refractivity contribution is 9.10. The summed E-state index contributed by atoms with van der Waals surface area (Å²) in [6.07, 6.45) is 3.55. The average Bonchev–Trinajstić information content (AvgIpc) is 3.23. The number of fused-ring (bicyclic) bond motifs is 1. The number of ketones is 1. The van der Waals surface area contributed by atoms with Gasteiger partial charge in [-0.1, -0.05) is 79.5 Å². The molecule has 1 aliphatic rings. The number of rotatable bonds is 6. The number of amides is 1. The fourth-order valence-corrected chi connectivity index (χ4v) is 4.61. The molecular weight excluding hydrogens is 558 g/mol. The lowest BCUT2D eigenvalue weighted by Crippen LogP contribution is -2.20. The van der Waals surface area contributed by atoms with Crippen molar-refractivity contribution in [3.05, 3.63) is 79.5 Å². The van der Waals surface area contributed by atoms with Crippen molar-refractivity contribution >= 4 is 67.6 Å². The molecule has 0 fully saturated rings.